The number of aromatic amines is 2. The van der Waals surface area contributed by atoms with Crippen LogP contribution in [0, 0.1) is 26.7 Å². The zero-order valence-corrected chi connectivity index (χ0v) is 16.0. The van der Waals surface area contributed by atoms with E-state index < -0.39 is 0 Å². The van der Waals surface area contributed by atoms with Crippen LogP contribution in [0.5, 0.6) is 0 Å². The van der Waals surface area contributed by atoms with Crippen molar-refractivity contribution < 1.29 is 9.59 Å². The van der Waals surface area contributed by atoms with Crippen molar-refractivity contribution in [1.29, 1.82) is 0 Å². The topological polar surface area (TPSA) is 65.7 Å². The maximum absolute atomic E-state index is 11.2. The van der Waals surface area contributed by atoms with E-state index in [1.165, 1.54) is 5.56 Å². The highest BCUT2D eigenvalue weighted by Crippen LogP contribution is 2.25. The molecule has 0 bridgehead atoms. The lowest BCUT2D eigenvalue weighted by Crippen LogP contribution is -2.01. The Balaban J connectivity index is 0.00000139. The van der Waals surface area contributed by atoms with Gasteiger partial charge in [0.25, 0.3) is 0 Å². The monoisotopic (exact) mass is 330 g/mol. The van der Waals surface area contributed by atoms with Crippen molar-refractivity contribution in [2.75, 3.05) is 0 Å². The van der Waals surface area contributed by atoms with E-state index in [1.807, 2.05) is 34.6 Å². The molecule has 0 amide bonds. The Morgan fingerprint density at radius 2 is 1.33 bits per heavy atom. The highest BCUT2D eigenvalue weighted by atomic mass is 16.1. The summed E-state index contributed by atoms with van der Waals surface area (Å²) in [5, 5.41) is 0. The van der Waals surface area contributed by atoms with Crippen molar-refractivity contribution in [2.45, 2.75) is 61.3 Å². The molecule has 0 aliphatic rings. The van der Waals surface area contributed by atoms with E-state index in [2.05, 4.69) is 23.8 Å². The van der Waals surface area contributed by atoms with Gasteiger partial charge >= 0.3 is 0 Å². The summed E-state index contributed by atoms with van der Waals surface area (Å²) in [5.74, 6) is 0.518. The molecule has 2 N–H and O–H groups in total. The molecule has 0 spiro atoms. The van der Waals surface area contributed by atoms with Gasteiger partial charge in [0, 0.05) is 17.8 Å². The molecular weight excluding hydrogens is 300 g/mol. The van der Waals surface area contributed by atoms with Gasteiger partial charge in [-0.15, -0.1) is 0 Å². The summed E-state index contributed by atoms with van der Waals surface area (Å²) in [7, 11) is 0. The standard InChI is InChI=1S/C18H24N2O2.C2H6/c1-10(2)6-14-13(5)18(9-22)20-16(14)7-15-11(3)12(4)17(8-21)19-15;1-2/h8-10,19-20H,6-7H2,1-5H3;1-2H3. The number of aldehydes is 2. The average Bonchev–Trinajstić information content (AvgIpc) is 3.01. The van der Waals surface area contributed by atoms with E-state index in [-0.39, 0.29) is 0 Å². The molecule has 132 valence electrons. The van der Waals surface area contributed by atoms with Gasteiger partial charge in [-0.05, 0) is 55.4 Å². The van der Waals surface area contributed by atoms with Gasteiger partial charge in [0.2, 0.25) is 0 Å². The second kappa shape index (κ2) is 8.67. The second-order valence-electron chi connectivity index (χ2n) is 6.40. The number of hydrogen-bond acceptors (Lipinski definition) is 2. The Morgan fingerprint density at radius 3 is 1.79 bits per heavy atom. The van der Waals surface area contributed by atoms with Gasteiger partial charge in [-0.25, -0.2) is 0 Å². The summed E-state index contributed by atoms with van der Waals surface area (Å²) in [6.07, 6.45) is 3.35. The molecular formula is C20H30N2O2. The van der Waals surface area contributed by atoms with E-state index in [0.717, 1.165) is 47.1 Å². The molecule has 2 aromatic heterocycles. The van der Waals surface area contributed by atoms with Gasteiger partial charge in [-0.1, -0.05) is 27.7 Å². The fourth-order valence-electron chi connectivity index (χ4n) is 2.92. The van der Waals surface area contributed by atoms with Crippen molar-refractivity contribution in [2.24, 2.45) is 5.92 Å². The lowest BCUT2D eigenvalue weighted by atomic mass is 9.97. The molecule has 0 saturated heterocycles. The van der Waals surface area contributed by atoms with Crippen LogP contribution in [0.1, 0.15) is 82.3 Å². The number of H-pyrrole nitrogens is 2. The molecule has 0 radical (unpaired) electrons. The Labute approximate surface area is 145 Å². The number of aromatic nitrogens is 2. The molecule has 0 aliphatic carbocycles. The highest BCUT2D eigenvalue weighted by molar-refractivity contribution is 5.77. The Hall–Kier alpha value is -2.10. The van der Waals surface area contributed by atoms with Gasteiger partial charge in [0.1, 0.15) is 0 Å². The summed E-state index contributed by atoms with van der Waals surface area (Å²) in [4.78, 5) is 28.7. The molecule has 2 heterocycles. The van der Waals surface area contributed by atoms with Gasteiger partial charge < -0.3 is 9.97 Å². The molecule has 2 rings (SSSR count). The van der Waals surface area contributed by atoms with Crippen LogP contribution in [0.4, 0.5) is 0 Å². The lowest BCUT2D eigenvalue weighted by Gasteiger charge is -2.08. The summed E-state index contributed by atoms with van der Waals surface area (Å²) in [5.41, 5.74) is 7.75. The summed E-state index contributed by atoms with van der Waals surface area (Å²) < 4.78 is 0. The maximum atomic E-state index is 11.2. The van der Waals surface area contributed by atoms with Crippen molar-refractivity contribution in [3.63, 3.8) is 0 Å². The van der Waals surface area contributed by atoms with Gasteiger partial charge in [0.15, 0.2) is 12.6 Å². The van der Waals surface area contributed by atoms with Crippen LogP contribution in [-0.4, -0.2) is 22.5 Å². The zero-order chi connectivity index (χ0) is 18.4. The minimum absolute atomic E-state index is 0.518. The molecule has 4 heteroatoms. The van der Waals surface area contributed by atoms with Crippen LogP contribution in [0.3, 0.4) is 0 Å². The summed E-state index contributed by atoms with van der Waals surface area (Å²) in [6.45, 7) is 14.3. The first kappa shape index (κ1) is 19.9. The largest absolute Gasteiger partial charge is 0.355 e. The van der Waals surface area contributed by atoms with E-state index >= 15 is 0 Å². The van der Waals surface area contributed by atoms with Gasteiger partial charge in [-0.2, -0.15) is 0 Å². The van der Waals surface area contributed by atoms with Gasteiger partial charge in [0.05, 0.1) is 11.4 Å². The van der Waals surface area contributed by atoms with Crippen molar-refractivity contribution in [3.8, 4) is 0 Å². The van der Waals surface area contributed by atoms with Crippen molar-refractivity contribution in [3.05, 3.63) is 45.0 Å². The SMILES string of the molecule is CC.Cc1c(C=O)[nH]c(Cc2[nH]c(C=O)c(C)c2CC(C)C)c1C. The third-order valence-electron chi connectivity index (χ3n) is 4.41. The molecule has 0 atom stereocenters. The fourth-order valence-corrected chi connectivity index (χ4v) is 2.92. The Morgan fingerprint density at radius 1 is 0.833 bits per heavy atom. The van der Waals surface area contributed by atoms with Crippen LogP contribution in [0.2, 0.25) is 0 Å². The van der Waals surface area contributed by atoms with Crippen LogP contribution in [0.15, 0.2) is 0 Å². The number of carbonyl (C=O) groups excluding carboxylic acids is 2. The highest BCUT2D eigenvalue weighted by Gasteiger charge is 2.18. The van der Waals surface area contributed by atoms with Crippen molar-refractivity contribution in [1.82, 2.24) is 9.97 Å². The molecule has 0 saturated carbocycles. The first-order valence-corrected chi connectivity index (χ1v) is 8.67. The molecule has 4 nitrogen and oxygen atoms in total. The van der Waals surface area contributed by atoms with E-state index in [0.29, 0.717) is 23.7 Å². The molecule has 0 aromatic carbocycles. The normalized spacial score (nSPS) is 10.5. The lowest BCUT2D eigenvalue weighted by molar-refractivity contribution is 0.111. The van der Waals surface area contributed by atoms with E-state index in [1.54, 1.807) is 0 Å². The minimum Gasteiger partial charge on any atom is -0.355 e. The van der Waals surface area contributed by atoms with Crippen LogP contribution < -0.4 is 0 Å². The number of rotatable bonds is 6. The second-order valence-corrected chi connectivity index (χ2v) is 6.40. The maximum Gasteiger partial charge on any atom is 0.166 e. The average molecular weight is 330 g/mol. The smallest absolute Gasteiger partial charge is 0.166 e. The molecule has 0 unspecified atom stereocenters. The van der Waals surface area contributed by atoms with Crippen LogP contribution >= 0.6 is 0 Å². The van der Waals surface area contributed by atoms with Gasteiger partial charge in [-0.3, -0.25) is 9.59 Å². The van der Waals surface area contributed by atoms with Crippen LogP contribution in [-0.2, 0) is 12.8 Å². The number of nitrogens with one attached hydrogen (secondary N) is 2. The first-order valence-electron chi connectivity index (χ1n) is 8.67. The van der Waals surface area contributed by atoms with Crippen molar-refractivity contribution >= 4 is 12.6 Å². The summed E-state index contributed by atoms with van der Waals surface area (Å²) in [6, 6.07) is 0. The third kappa shape index (κ3) is 4.05. The quantitative estimate of drug-likeness (QED) is 0.753. The summed E-state index contributed by atoms with van der Waals surface area (Å²) >= 11 is 0. The third-order valence-corrected chi connectivity index (χ3v) is 4.41. The molecule has 2 aromatic rings. The number of carbonyl (C=O) groups is 2. The molecule has 0 fully saturated rings. The predicted octanol–water partition coefficient (Wildman–Crippen LogP) is 4.71. The predicted molar refractivity (Wildman–Crippen MR) is 99.3 cm³/mol. The molecule has 24 heavy (non-hydrogen) atoms. The Kier molecular flexibility index (Phi) is 7.20. The zero-order valence-electron chi connectivity index (χ0n) is 16.0. The minimum atomic E-state index is 0.518. The number of hydrogen-bond donors (Lipinski definition) is 2. The molecule has 0 aliphatic heterocycles. The Bertz CT molecular complexity index is 706. The van der Waals surface area contributed by atoms with E-state index in [4.69, 9.17) is 0 Å². The van der Waals surface area contributed by atoms with Crippen LogP contribution in [0.25, 0.3) is 0 Å². The fraction of sp³-hybridized carbons (Fsp3) is 0.500. The first-order chi connectivity index (χ1) is 11.4. The van der Waals surface area contributed by atoms with E-state index in [9.17, 15) is 9.59 Å².